The molecule has 1 unspecified atom stereocenters. The first kappa shape index (κ1) is 9.59. The van der Waals surface area contributed by atoms with Crippen molar-refractivity contribution in [1.82, 2.24) is 9.97 Å². The number of hydrogen-bond donors (Lipinski definition) is 1. The first-order valence-electron chi connectivity index (χ1n) is 4.42. The van der Waals surface area contributed by atoms with E-state index in [1.165, 1.54) is 12.8 Å². The van der Waals surface area contributed by atoms with Crippen molar-refractivity contribution in [3.05, 3.63) is 17.7 Å². The summed E-state index contributed by atoms with van der Waals surface area (Å²) in [5.41, 5.74) is 1.02. The summed E-state index contributed by atoms with van der Waals surface area (Å²) in [6.07, 6.45) is 5.23. The minimum absolute atomic E-state index is 0.0351. The standard InChI is InChI=1S/C9H15ClN2/c1-3-4-5-9-11-6-8(12-9)7(2)10/h6-7H,3-5H2,1-2H3,(H,11,12). The monoisotopic (exact) mass is 186 g/mol. The van der Waals surface area contributed by atoms with Gasteiger partial charge in [0.15, 0.2) is 0 Å². The molecule has 0 aromatic carbocycles. The predicted octanol–water partition coefficient (Wildman–Crippen LogP) is 3.05. The lowest BCUT2D eigenvalue weighted by molar-refractivity contribution is 0.759. The van der Waals surface area contributed by atoms with Gasteiger partial charge in [0.1, 0.15) is 5.82 Å². The lowest BCUT2D eigenvalue weighted by Gasteiger charge is -1.96. The summed E-state index contributed by atoms with van der Waals surface area (Å²) in [4.78, 5) is 7.44. The van der Waals surface area contributed by atoms with Crippen molar-refractivity contribution >= 4 is 11.6 Å². The topological polar surface area (TPSA) is 28.7 Å². The zero-order valence-corrected chi connectivity index (χ0v) is 8.36. The molecule has 12 heavy (non-hydrogen) atoms. The van der Waals surface area contributed by atoms with E-state index in [-0.39, 0.29) is 5.38 Å². The number of alkyl halides is 1. The Morgan fingerprint density at radius 1 is 1.67 bits per heavy atom. The Bertz CT molecular complexity index is 230. The third kappa shape index (κ3) is 2.52. The number of aryl methyl sites for hydroxylation is 1. The summed E-state index contributed by atoms with van der Waals surface area (Å²) in [5, 5.41) is 0.0351. The fourth-order valence-corrected chi connectivity index (χ4v) is 1.16. The molecule has 0 aliphatic heterocycles. The fraction of sp³-hybridized carbons (Fsp3) is 0.667. The number of rotatable bonds is 4. The highest BCUT2D eigenvalue weighted by Crippen LogP contribution is 2.16. The van der Waals surface area contributed by atoms with Crippen molar-refractivity contribution < 1.29 is 0 Å². The van der Waals surface area contributed by atoms with Crippen LogP contribution in [0.5, 0.6) is 0 Å². The quantitative estimate of drug-likeness (QED) is 0.720. The summed E-state index contributed by atoms with van der Waals surface area (Å²) in [5.74, 6) is 1.05. The van der Waals surface area contributed by atoms with Crippen molar-refractivity contribution in [1.29, 1.82) is 0 Å². The van der Waals surface area contributed by atoms with Gasteiger partial charge in [0, 0.05) is 12.6 Å². The zero-order valence-electron chi connectivity index (χ0n) is 7.60. The maximum absolute atomic E-state index is 5.88. The summed E-state index contributed by atoms with van der Waals surface area (Å²) >= 11 is 5.88. The van der Waals surface area contributed by atoms with Crippen LogP contribution in [0.1, 0.15) is 43.6 Å². The number of halogens is 1. The number of unbranched alkanes of at least 4 members (excludes halogenated alkanes) is 1. The van der Waals surface area contributed by atoms with Gasteiger partial charge in [0.25, 0.3) is 0 Å². The van der Waals surface area contributed by atoms with Gasteiger partial charge in [-0.25, -0.2) is 4.98 Å². The summed E-state index contributed by atoms with van der Waals surface area (Å²) in [6, 6.07) is 0. The van der Waals surface area contributed by atoms with Crippen LogP contribution in [0.15, 0.2) is 6.20 Å². The molecule has 0 aliphatic carbocycles. The molecule has 0 fully saturated rings. The van der Waals surface area contributed by atoms with Crippen LogP contribution in [0.2, 0.25) is 0 Å². The number of aromatic nitrogens is 2. The molecule has 0 saturated carbocycles. The molecule has 0 aliphatic rings. The second kappa shape index (κ2) is 4.51. The average molecular weight is 187 g/mol. The molecule has 1 heterocycles. The van der Waals surface area contributed by atoms with Gasteiger partial charge in [-0.2, -0.15) is 0 Å². The van der Waals surface area contributed by atoms with Crippen LogP contribution in [-0.4, -0.2) is 9.97 Å². The molecular formula is C9H15ClN2. The van der Waals surface area contributed by atoms with Crippen LogP contribution in [0.4, 0.5) is 0 Å². The van der Waals surface area contributed by atoms with Crippen LogP contribution in [0.25, 0.3) is 0 Å². The van der Waals surface area contributed by atoms with Gasteiger partial charge in [-0.05, 0) is 13.3 Å². The summed E-state index contributed by atoms with van der Waals surface area (Å²) < 4.78 is 0. The van der Waals surface area contributed by atoms with Gasteiger partial charge in [0.2, 0.25) is 0 Å². The lowest BCUT2D eigenvalue weighted by atomic mass is 10.2. The molecule has 1 atom stereocenters. The number of hydrogen-bond acceptors (Lipinski definition) is 1. The van der Waals surface area contributed by atoms with E-state index in [0.717, 1.165) is 17.9 Å². The molecular weight excluding hydrogens is 172 g/mol. The Balaban J connectivity index is 2.52. The van der Waals surface area contributed by atoms with E-state index in [9.17, 15) is 0 Å². The Labute approximate surface area is 78.4 Å². The van der Waals surface area contributed by atoms with Crippen molar-refractivity contribution in [2.45, 2.75) is 38.5 Å². The number of aromatic amines is 1. The van der Waals surface area contributed by atoms with Gasteiger partial charge >= 0.3 is 0 Å². The third-order valence-electron chi connectivity index (χ3n) is 1.84. The van der Waals surface area contributed by atoms with E-state index in [0.29, 0.717) is 0 Å². The van der Waals surface area contributed by atoms with E-state index < -0.39 is 0 Å². The van der Waals surface area contributed by atoms with E-state index in [2.05, 4.69) is 16.9 Å². The predicted molar refractivity (Wildman–Crippen MR) is 51.5 cm³/mol. The molecule has 0 saturated heterocycles. The van der Waals surface area contributed by atoms with E-state index in [1.54, 1.807) is 0 Å². The van der Waals surface area contributed by atoms with Gasteiger partial charge in [0.05, 0.1) is 11.1 Å². The highest BCUT2D eigenvalue weighted by atomic mass is 35.5. The lowest BCUT2D eigenvalue weighted by Crippen LogP contribution is -1.88. The SMILES string of the molecule is CCCCc1ncc(C(C)Cl)[nH]1. The maximum atomic E-state index is 5.88. The maximum Gasteiger partial charge on any atom is 0.106 e. The number of imidazole rings is 1. The number of nitrogens with zero attached hydrogens (tertiary/aromatic N) is 1. The van der Waals surface area contributed by atoms with Gasteiger partial charge in [-0.3, -0.25) is 0 Å². The van der Waals surface area contributed by atoms with Crippen LogP contribution < -0.4 is 0 Å². The summed E-state index contributed by atoms with van der Waals surface area (Å²) in [6.45, 7) is 4.12. The molecule has 1 rings (SSSR count). The molecule has 2 nitrogen and oxygen atoms in total. The molecule has 1 aromatic rings. The molecule has 3 heteroatoms. The van der Waals surface area contributed by atoms with Crippen molar-refractivity contribution in [2.24, 2.45) is 0 Å². The van der Waals surface area contributed by atoms with Gasteiger partial charge < -0.3 is 4.98 Å². The highest BCUT2D eigenvalue weighted by Gasteiger charge is 2.04. The molecule has 1 aromatic heterocycles. The van der Waals surface area contributed by atoms with Crippen LogP contribution in [0, 0.1) is 0 Å². The second-order valence-corrected chi connectivity index (χ2v) is 3.66. The number of H-pyrrole nitrogens is 1. The highest BCUT2D eigenvalue weighted by molar-refractivity contribution is 6.20. The fourth-order valence-electron chi connectivity index (χ4n) is 1.05. The van der Waals surface area contributed by atoms with Crippen LogP contribution in [0.3, 0.4) is 0 Å². The Morgan fingerprint density at radius 2 is 2.42 bits per heavy atom. The molecule has 1 N–H and O–H groups in total. The normalized spacial score (nSPS) is 13.2. The molecule has 0 bridgehead atoms. The number of nitrogens with one attached hydrogen (secondary N) is 1. The Kier molecular flexibility index (Phi) is 3.60. The zero-order chi connectivity index (χ0) is 8.97. The molecule has 0 amide bonds. The minimum atomic E-state index is 0.0351. The van der Waals surface area contributed by atoms with E-state index in [4.69, 9.17) is 11.6 Å². The van der Waals surface area contributed by atoms with E-state index in [1.807, 2.05) is 13.1 Å². The van der Waals surface area contributed by atoms with Gasteiger partial charge in [-0.15, -0.1) is 11.6 Å². The summed E-state index contributed by atoms with van der Waals surface area (Å²) in [7, 11) is 0. The minimum Gasteiger partial charge on any atom is -0.345 e. The first-order chi connectivity index (χ1) is 5.74. The van der Waals surface area contributed by atoms with E-state index >= 15 is 0 Å². The average Bonchev–Trinajstić information content (AvgIpc) is 2.48. The van der Waals surface area contributed by atoms with Crippen molar-refractivity contribution in [3.63, 3.8) is 0 Å². The molecule has 68 valence electrons. The molecule has 0 radical (unpaired) electrons. The Hall–Kier alpha value is -0.500. The second-order valence-electron chi connectivity index (χ2n) is 3.00. The smallest absolute Gasteiger partial charge is 0.106 e. The Morgan fingerprint density at radius 3 is 2.92 bits per heavy atom. The van der Waals surface area contributed by atoms with Gasteiger partial charge in [-0.1, -0.05) is 13.3 Å². The third-order valence-corrected chi connectivity index (χ3v) is 2.08. The largest absolute Gasteiger partial charge is 0.345 e. The van der Waals surface area contributed by atoms with Crippen LogP contribution in [-0.2, 0) is 6.42 Å². The van der Waals surface area contributed by atoms with Crippen molar-refractivity contribution in [2.75, 3.05) is 0 Å². The first-order valence-corrected chi connectivity index (χ1v) is 4.85. The van der Waals surface area contributed by atoms with Crippen molar-refractivity contribution in [3.8, 4) is 0 Å². The van der Waals surface area contributed by atoms with Crippen LogP contribution >= 0.6 is 11.6 Å². The molecule has 0 spiro atoms.